The lowest BCUT2D eigenvalue weighted by atomic mass is 10.3. The number of nitrogens with zero attached hydrogens (tertiary/aromatic N) is 2. The fourth-order valence-corrected chi connectivity index (χ4v) is 1.22. The number of hydrogen-bond acceptors (Lipinski definition) is 2. The second-order valence-corrected chi connectivity index (χ2v) is 3.59. The first kappa shape index (κ1) is 10.3. The Bertz CT molecular complexity index is 204. The molecule has 0 saturated heterocycles. The summed E-state index contributed by atoms with van der Waals surface area (Å²) in [6.45, 7) is 6.49. The van der Waals surface area contributed by atoms with E-state index in [0.29, 0.717) is 6.04 Å². The van der Waals surface area contributed by atoms with Gasteiger partial charge < -0.3 is 5.32 Å². The molecule has 0 amide bonds. The van der Waals surface area contributed by atoms with Crippen LogP contribution < -0.4 is 5.32 Å². The first-order chi connectivity index (χ1) is 6.29. The minimum absolute atomic E-state index is 0.602. The van der Waals surface area contributed by atoms with Gasteiger partial charge in [-0.25, -0.2) is 0 Å². The maximum absolute atomic E-state index is 4.15. The summed E-state index contributed by atoms with van der Waals surface area (Å²) >= 11 is 0. The summed E-state index contributed by atoms with van der Waals surface area (Å²) in [7, 11) is 0. The van der Waals surface area contributed by atoms with E-state index in [9.17, 15) is 0 Å². The first-order valence-electron chi connectivity index (χ1n) is 5.00. The molecule has 0 radical (unpaired) electrons. The van der Waals surface area contributed by atoms with E-state index in [0.717, 1.165) is 13.1 Å². The predicted molar refractivity (Wildman–Crippen MR) is 54.6 cm³/mol. The average Bonchev–Trinajstić information content (AvgIpc) is 2.55. The molecule has 0 bridgehead atoms. The van der Waals surface area contributed by atoms with Crippen LogP contribution in [-0.2, 0) is 6.54 Å². The van der Waals surface area contributed by atoms with E-state index in [-0.39, 0.29) is 0 Å². The monoisotopic (exact) mass is 181 g/mol. The lowest BCUT2D eigenvalue weighted by molar-refractivity contribution is 0.512. The summed E-state index contributed by atoms with van der Waals surface area (Å²) in [5.74, 6) is 0. The van der Waals surface area contributed by atoms with Gasteiger partial charge in [0, 0.05) is 25.0 Å². The Balaban J connectivity index is 1.96. The molecule has 1 heterocycles. The average molecular weight is 181 g/mol. The molecule has 0 saturated carbocycles. The Morgan fingerprint density at radius 3 is 2.85 bits per heavy atom. The van der Waals surface area contributed by atoms with Crippen LogP contribution in [0.25, 0.3) is 0 Å². The van der Waals surface area contributed by atoms with Crippen LogP contribution in [0.4, 0.5) is 0 Å². The van der Waals surface area contributed by atoms with Crippen LogP contribution in [0.15, 0.2) is 18.5 Å². The van der Waals surface area contributed by atoms with Gasteiger partial charge in [0.25, 0.3) is 0 Å². The number of unbranched alkanes of at least 4 members (excludes halogenated alkanes) is 1. The minimum Gasteiger partial charge on any atom is -0.315 e. The van der Waals surface area contributed by atoms with Gasteiger partial charge in [-0.3, -0.25) is 4.68 Å². The third kappa shape index (κ3) is 4.68. The van der Waals surface area contributed by atoms with Crippen molar-refractivity contribution in [1.29, 1.82) is 0 Å². The number of nitrogens with one attached hydrogen (secondary N) is 1. The van der Waals surface area contributed by atoms with Crippen molar-refractivity contribution in [3.8, 4) is 0 Å². The van der Waals surface area contributed by atoms with Crippen molar-refractivity contribution in [1.82, 2.24) is 15.1 Å². The minimum atomic E-state index is 0.602. The Morgan fingerprint density at radius 1 is 1.38 bits per heavy atom. The molecule has 0 spiro atoms. The highest BCUT2D eigenvalue weighted by Gasteiger charge is 1.93. The molecule has 1 N–H and O–H groups in total. The molecule has 1 aromatic heterocycles. The number of aromatic nitrogens is 2. The van der Waals surface area contributed by atoms with Gasteiger partial charge in [0.15, 0.2) is 0 Å². The molecule has 0 atom stereocenters. The van der Waals surface area contributed by atoms with E-state index in [4.69, 9.17) is 0 Å². The summed E-state index contributed by atoms with van der Waals surface area (Å²) in [6.07, 6.45) is 6.25. The fourth-order valence-electron chi connectivity index (χ4n) is 1.22. The van der Waals surface area contributed by atoms with Crippen LogP contribution in [0.2, 0.25) is 0 Å². The van der Waals surface area contributed by atoms with E-state index in [2.05, 4.69) is 24.3 Å². The Labute approximate surface area is 80.1 Å². The summed E-state index contributed by atoms with van der Waals surface area (Å²) < 4.78 is 1.98. The molecule has 3 nitrogen and oxygen atoms in total. The van der Waals surface area contributed by atoms with Crippen molar-refractivity contribution >= 4 is 0 Å². The zero-order valence-corrected chi connectivity index (χ0v) is 8.53. The molecule has 1 rings (SSSR count). The van der Waals surface area contributed by atoms with E-state index in [1.165, 1.54) is 12.8 Å². The van der Waals surface area contributed by atoms with Gasteiger partial charge in [0.2, 0.25) is 0 Å². The van der Waals surface area contributed by atoms with Gasteiger partial charge in [-0.15, -0.1) is 0 Å². The smallest absolute Gasteiger partial charge is 0.0489 e. The molecule has 3 heteroatoms. The predicted octanol–water partition coefficient (Wildman–Crippen LogP) is 1.66. The van der Waals surface area contributed by atoms with Crippen molar-refractivity contribution in [2.75, 3.05) is 6.54 Å². The summed E-state index contributed by atoms with van der Waals surface area (Å²) in [6, 6.07) is 2.57. The lowest BCUT2D eigenvalue weighted by Gasteiger charge is -2.07. The number of aryl methyl sites for hydroxylation is 1. The van der Waals surface area contributed by atoms with Crippen LogP contribution in [-0.4, -0.2) is 22.4 Å². The van der Waals surface area contributed by atoms with Gasteiger partial charge in [0.05, 0.1) is 0 Å². The SMILES string of the molecule is CC(C)NCCCCn1cccn1. The molecule has 0 aliphatic heterocycles. The molecule has 0 aromatic carbocycles. The molecule has 0 aliphatic rings. The van der Waals surface area contributed by atoms with Crippen LogP contribution in [0, 0.1) is 0 Å². The largest absolute Gasteiger partial charge is 0.315 e. The van der Waals surface area contributed by atoms with Gasteiger partial charge >= 0.3 is 0 Å². The highest BCUT2D eigenvalue weighted by atomic mass is 15.3. The second kappa shape index (κ2) is 5.75. The molecular formula is C10H19N3. The van der Waals surface area contributed by atoms with Crippen molar-refractivity contribution in [2.45, 2.75) is 39.3 Å². The van der Waals surface area contributed by atoms with Gasteiger partial charge in [-0.05, 0) is 25.5 Å². The lowest BCUT2D eigenvalue weighted by Crippen LogP contribution is -2.23. The molecule has 0 fully saturated rings. The van der Waals surface area contributed by atoms with Crippen LogP contribution in [0.3, 0.4) is 0 Å². The maximum atomic E-state index is 4.15. The summed E-state index contributed by atoms with van der Waals surface area (Å²) in [5.41, 5.74) is 0. The summed E-state index contributed by atoms with van der Waals surface area (Å²) in [5, 5.41) is 7.54. The van der Waals surface area contributed by atoms with Crippen LogP contribution in [0.1, 0.15) is 26.7 Å². The van der Waals surface area contributed by atoms with E-state index >= 15 is 0 Å². The zero-order valence-electron chi connectivity index (χ0n) is 8.53. The third-order valence-corrected chi connectivity index (χ3v) is 1.93. The highest BCUT2D eigenvalue weighted by Crippen LogP contribution is 1.93. The Hall–Kier alpha value is -0.830. The topological polar surface area (TPSA) is 29.9 Å². The molecule has 74 valence electrons. The molecule has 0 aliphatic carbocycles. The van der Waals surface area contributed by atoms with Gasteiger partial charge in [-0.2, -0.15) is 5.10 Å². The standard InChI is InChI=1S/C10H19N3/c1-10(2)11-6-3-4-8-13-9-5-7-12-13/h5,7,9-11H,3-4,6,8H2,1-2H3. The molecular weight excluding hydrogens is 162 g/mol. The second-order valence-electron chi connectivity index (χ2n) is 3.59. The van der Waals surface area contributed by atoms with E-state index in [1.54, 1.807) is 0 Å². The fraction of sp³-hybridized carbons (Fsp3) is 0.700. The van der Waals surface area contributed by atoms with Crippen molar-refractivity contribution < 1.29 is 0 Å². The zero-order chi connectivity index (χ0) is 9.52. The highest BCUT2D eigenvalue weighted by molar-refractivity contribution is 4.77. The van der Waals surface area contributed by atoms with Crippen LogP contribution in [0.5, 0.6) is 0 Å². The Kier molecular flexibility index (Phi) is 4.54. The molecule has 13 heavy (non-hydrogen) atoms. The van der Waals surface area contributed by atoms with Gasteiger partial charge in [0.1, 0.15) is 0 Å². The van der Waals surface area contributed by atoms with Crippen molar-refractivity contribution in [3.05, 3.63) is 18.5 Å². The first-order valence-corrected chi connectivity index (χ1v) is 5.00. The normalized spacial score (nSPS) is 11.0. The summed E-state index contributed by atoms with van der Waals surface area (Å²) in [4.78, 5) is 0. The number of hydrogen-bond donors (Lipinski definition) is 1. The van der Waals surface area contributed by atoms with Crippen molar-refractivity contribution in [3.63, 3.8) is 0 Å². The van der Waals surface area contributed by atoms with E-state index < -0.39 is 0 Å². The Morgan fingerprint density at radius 2 is 2.23 bits per heavy atom. The van der Waals surface area contributed by atoms with Crippen LogP contribution >= 0.6 is 0 Å². The van der Waals surface area contributed by atoms with Crippen molar-refractivity contribution in [2.24, 2.45) is 0 Å². The third-order valence-electron chi connectivity index (χ3n) is 1.93. The maximum Gasteiger partial charge on any atom is 0.0489 e. The quantitative estimate of drug-likeness (QED) is 0.676. The number of rotatable bonds is 6. The van der Waals surface area contributed by atoms with Gasteiger partial charge in [-0.1, -0.05) is 13.8 Å². The van der Waals surface area contributed by atoms with E-state index in [1.807, 2.05) is 23.1 Å². The molecule has 1 aromatic rings. The molecule has 0 unspecified atom stereocenters.